The molecule has 1 aromatic rings. The molecule has 0 unspecified atom stereocenters. The number of benzene rings is 1. The van der Waals surface area contributed by atoms with Crippen molar-refractivity contribution in [3.63, 3.8) is 0 Å². The van der Waals surface area contributed by atoms with Crippen molar-refractivity contribution in [2.24, 2.45) is 0 Å². The summed E-state index contributed by atoms with van der Waals surface area (Å²) in [6.45, 7) is 2.98. The molecule has 1 amide bonds. The standard InChI is InChI=1S/C13H15ClN2O6/c1-3-22-13(19)10(15-7(2)17)5-8-4-9(14)12(18)11(6-8)16(20)21/h4,6,10,18H,3,5H2,1-2H3,(H,15,17)/t10-/m0/s1. The van der Waals surface area contributed by atoms with E-state index in [1.54, 1.807) is 6.92 Å². The molecule has 0 aliphatic heterocycles. The molecule has 0 spiro atoms. The SMILES string of the molecule is CCOC(=O)[C@H](Cc1cc(Cl)c(O)c([N+](=O)[O-])c1)NC(C)=O. The summed E-state index contributed by atoms with van der Waals surface area (Å²) >= 11 is 5.74. The van der Waals surface area contributed by atoms with Crippen LogP contribution < -0.4 is 5.32 Å². The van der Waals surface area contributed by atoms with Crippen LogP contribution in [0.2, 0.25) is 5.02 Å². The lowest BCUT2D eigenvalue weighted by molar-refractivity contribution is -0.385. The molecule has 9 heteroatoms. The van der Waals surface area contributed by atoms with Gasteiger partial charge in [-0.3, -0.25) is 14.9 Å². The van der Waals surface area contributed by atoms with Gasteiger partial charge in [-0.2, -0.15) is 0 Å². The maximum absolute atomic E-state index is 11.8. The van der Waals surface area contributed by atoms with Crippen LogP contribution in [-0.4, -0.2) is 34.6 Å². The molecule has 0 fully saturated rings. The third-order valence-corrected chi connectivity index (χ3v) is 2.98. The highest BCUT2D eigenvalue weighted by atomic mass is 35.5. The Morgan fingerprint density at radius 3 is 2.64 bits per heavy atom. The van der Waals surface area contributed by atoms with Gasteiger partial charge in [0.2, 0.25) is 11.7 Å². The Bertz CT molecular complexity index is 604. The van der Waals surface area contributed by atoms with E-state index < -0.39 is 34.3 Å². The number of esters is 1. The number of amides is 1. The lowest BCUT2D eigenvalue weighted by Crippen LogP contribution is -2.42. The predicted octanol–water partition coefficient (Wildman–Crippen LogP) is 1.56. The Morgan fingerprint density at radius 2 is 2.14 bits per heavy atom. The fourth-order valence-corrected chi connectivity index (χ4v) is 2.05. The van der Waals surface area contributed by atoms with Gasteiger partial charge in [0.15, 0.2) is 0 Å². The van der Waals surface area contributed by atoms with Crippen molar-refractivity contribution in [1.29, 1.82) is 0 Å². The van der Waals surface area contributed by atoms with Crippen molar-refractivity contribution in [2.75, 3.05) is 6.61 Å². The molecule has 0 saturated carbocycles. The fourth-order valence-electron chi connectivity index (χ4n) is 1.81. The van der Waals surface area contributed by atoms with Gasteiger partial charge in [0.05, 0.1) is 16.6 Å². The average molecular weight is 331 g/mol. The third kappa shape index (κ3) is 4.59. The summed E-state index contributed by atoms with van der Waals surface area (Å²) in [5.74, 6) is -1.76. The van der Waals surface area contributed by atoms with Crippen LogP contribution in [-0.2, 0) is 20.7 Å². The Kier molecular flexibility index (Phi) is 6.11. The topological polar surface area (TPSA) is 119 Å². The second-order valence-corrected chi connectivity index (χ2v) is 4.82. The molecule has 0 aliphatic rings. The number of hydrogen-bond donors (Lipinski definition) is 2. The number of hydrogen-bond acceptors (Lipinski definition) is 6. The quantitative estimate of drug-likeness (QED) is 0.464. The van der Waals surface area contributed by atoms with E-state index in [0.29, 0.717) is 5.56 Å². The summed E-state index contributed by atoms with van der Waals surface area (Å²) in [6, 6.07) is 1.38. The Morgan fingerprint density at radius 1 is 1.50 bits per heavy atom. The van der Waals surface area contributed by atoms with Gasteiger partial charge in [-0.15, -0.1) is 0 Å². The summed E-state index contributed by atoms with van der Waals surface area (Å²) in [5, 5.41) is 22.6. The lowest BCUT2D eigenvalue weighted by Gasteiger charge is -2.16. The monoisotopic (exact) mass is 330 g/mol. The van der Waals surface area contributed by atoms with E-state index in [0.717, 1.165) is 6.07 Å². The number of carbonyl (C=O) groups is 2. The summed E-state index contributed by atoms with van der Waals surface area (Å²) in [4.78, 5) is 33.0. The predicted molar refractivity (Wildman–Crippen MR) is 77.7 cm³/mol. The molecule has 120 valence electrons. The highest BCUT2D eigenvalue weighted by molar-refractivity contribution is 6.32. The number of halogens is 1. The van der Waals surface area contributed by atoms with Crippen LogP contribution in [0.25, 0.3) is 0 Å². The molecule has 8 nitrogen and oxygen atoms in total. The van der Waals surface area contributed by atoms with Crippen LogP contribution in [0.5, 0.6) is 5.75 Å². The highest BCUT2D eigenvalue weighted by Gasteiger charge is 2.24. The van der Waals surface area contributed by atoms with Crippen LogP contribution in [0.15, 0.2) is 12.1 Å². The number of nitro groups is 1. The Balaban J connectivity index is 3.09. The van der Waals surface area contributed by atoms with Crippen molar-refractivity contribution in [3.05, 3.63) is 32.8 Å². The largest absolute Gasteiger partial charge is 0.501 e. The number of carbonyl (C=O) groups excluding carboxylic acids is 2. The number of nitrogens with zero attached hydrogens (tertiary/aromatic N) is 1. The number of aromatic hydroxyl groups is 1. The van der Waals surface area contributed by atoms with Gasteiger partial charge in [-0.05, 0) is 18.6 Å². The van der Waals surface area contributed by atoms with E-state index in [2.05, 4.69) is 5.32 Å². The van der Waals surface area contributed by atoms with E-state index in [-0.39, 0.29) is 18.1 Å². The van der Waals surface area contributed by atoms with Gasteiger partial charge in [0.25, 0.3) is 0 Å². The molecular formula is C13H15ClN2O6. The molecular weight excluding hydrogens is 316 g/mol. The molecule has 1 rings (SSSR count). The molecule has 1 aromatic carbocycles. The maximum atomic E-state index is 11.8. The van der Waals surface area contributed by atoms with E-state index in [1.165, 1.54) is 13.0 Å². The van der Waals surface area contributed by atoms with E-state index in [9.17, 15) is 24.8 Å². The van der Waals surface area contributed by atoms with Crippen LogP contribution in [0, 0.1) is 10.1 Å². The second-order valence-electron chi connectivity index (χ2n) is 4.41. The molecule has 0 heterocycles. The Hall–Kier alpha value is -2.35. The fraction of sp³-hybridized carbons (Fsp3) is 0.385. The number of rotatable bonds is 6. The van der Waals surface area contributed by atoms with E-state index >= 15 is 0 Å². The molecule has 0 bridgehead atoms. The zero-order chi connectivity index (χ0) is 16.9. The van der Waals surface area contributed by atoms with Crippen molar-refractivity contribution >= 4 is 29.2 Å². The summed E-state index contributed by atoms with van der Waals surface area (Å²) in [7, 11) is 0. The first-order valence-electron chi connectivity index (χ1n) is 6.35. The van der Waals surface area contributed by atoms with E-state index in [1.807, 2.05) is 0 Å². The average Bonchev–Trinajstić information content (AvgIpc) is 2.41. The number of phenolic OH excluding ortho intramolecular Hbond substituents is 1. The van der Waals surface area contributed by atoms with Gasteiger partial charge in [0.1, 0.15) is 6.04 Å². The number of ether oxygens (including phenoxy) is 1. The van der Waals surface area contributed by atoms with Crippen LogP contribution in [0.3, 0.4) is 0 Å². The minimum atomic E-state index is -1.00. The minimum absolute atomic E-state index is 0.0563. The van der Waals surface area contributed by atoms with E-state index in [4.69, 9.17) is 16.3 Å². The van der Waals surface area contributed by atoms with Crippen molar-refractivity contribution < 1.29 is 24.4 Å². The van der Waals surface area contributed by atoms with Gasteiger partial charge >= 0.3 is 11.7 Å². The van der Waals surface area contributed by atoms with Crippen LogP contribution in [0.4, 0.5) is 5.69 Å². The van der Waals surface area contributed by atoms with Gasteiger partial charge < -0.3 is 15.2 Å². The van der Waals surface area contributed by atoms with Gasteiger partial charge in [-0.1, -0.05) is 11.6 Å². The van der Waals surface area contributed by atoms with Crippen LogP contribution in [0.1, 0.15) is 19.4 Å². The first-order valence-corrected chi connectivity index (χ1v) is 6.73. The second kappa shape index (κ2) is 7.60. The highest BCUT2D eigenvalue weighted by Crippen LogP contribution is 2.35. The third-order valence-electron chi connectivity index (χ3n) is 2.69. The summed E-state index contributed by atoms with van der Waals surface area (Å²) in [5.41, 5.74) is -0.269. The summed E-state index contributed by atoms with van der Waals surface area (Å²) < 4.78 is 4.84. The van der Waals surface area contributed by atoms with Gasteiger partial charge in [0, 0.05) is 19.4 Å². The number of phenols is 1. The zero-order valence-corrected chi connectivity index (χ0v) is 12.7. The van der Waals surface area contributed by atoms with Crippen LogP contribution >= 0.6 is 11.6 Å². The Labute approximate surface area is 131 Å². The molecule has 2 N–H and O–H groups in total. The van der Waals surface area contributed by atoms with Gasteiger partial charge in [-0.25, -0.2) is 4.79 Å². The lowest BCUT2D eigenvalue weighted by atomic mass is 10.0. The number of nitrogens with one attached hydrogen (secondary N) is 1. The van der Waals surface area contributed by atoms with Crippen molar-refractivity contribution in [2.45, 2.75) is 26.3 Å². The summed E-state index contributed by atoms with van der Waals surface area (Å²) in [6.07, 6.45) is -0.0563. The maximum Gasteiger partial charge on any atom is 0.328 e. The molecule has 0 aliphatic carbocycles. The smallest absolute Gasteiger partial charge is 0.328 e. The minimum Gasteiger partial charge on any atom is -0.501 e. The first kappa shape index (κ1) is 17.7. The molecule has 0 aromatic heterocycles. The number of nitro benzene ring substituents is 1. The molecule has 1 atom stereocenters. The molecule has 0 saturated heterocycles. The van der Waals surface area contributed by atoms with Crippen molar-refractivity contribution in [3.8, 4) is 5.75 Å². The zero-order valence-electron chi connectivity index (χ0n) is 12.0. The molecule has 0 radical (unpaired) electrons. The van der Waals surface area contributed by atoms with Crippen molar-refractivity contribution in [1.82, 2.24) is 5.32 Å². The first-order chi connectivity index (χ1) is 10.3. The molecule has 22 heavy (non-hydrogen) atoms. The normalized spacial score (nSPS) is 11.6.